The average molecular weight is 254 g/mol. The lowest BCUT2D eigenvalue weighted by Crippen LogP contribution is -1.82. The molecule has 0 heterocycles. The molecular weight excluding hydrogens is 236 g/mol. The number of benzene rings is 2. The van der Waals surface area contributed by atoms with E-state index in [0.717, 1.165) is 16.7 Å². The molecule has 0 fully saturated rings. The molecule has 0 aliphatic carbocycles. The summed E-state index contributed by atoms with van der Waals surface area (Å²) in [4.78, 5) is 0. The molecular formula is C17H18O2. The van der Waals surface area contributed by atoms with Gasteiger partial charge in [-0.3, -0.25) is 0 Å². The minimum Gasteiger partial charge on any atom is -0.508 e. The maximum absolute atomic E-state index is 9.13. The monoisotopic (exact) mass is 254 g/mol. The van der Waals surface area contributed by atoms with Crippen LogP contribution >= 0.6 is 0 Å². The average Bonchev–Trinajstić information content (AvgIpc) is 2.49. The summed E-state index contributed by atoms with van der Waals surface area (Å²) in [7, 11) is 0. The number of phenols is 1. The number of aromatic hydroxyl groups is 1. The normalized spacial score (nSPS) is 8.79. The van der Waals surface area contributed by atoms with E-state index in [2.05, 4.69) is 11.8 Å². The van der Waals surface area contributed by atoms with Crippen molar-refractivity contribution in [1.82, 2.24) is 0 Å². The fourth-order valence-corrected chi connectivity index (χ4v) is 1.38. The summed E-state index contributed by atoms with van der Waals surface area (Å²) >= 11 is 0. The minimum atomic E-state index is 0.0473. The highest BCUT2D eigenvalue weighted by molar-refractivity contribution is 5.44. The van der Waals surface area contributed by atoms with Gasteiger partial charge < -0.3 is 10.2 Å². The van der Waals surface area contributed by atoms with E-state index in [-0.39, 0.29) is 12.4 Å². The molecule has 19 heavy (non-hydrogen) atoms. The molecule has 2 nitrogen and oxygen atoms in total. The fourth-order valence-electron chi connectivity index (χ4n) is 1.38. The first-order valence-corrected chi connectivity index (χ1v) is 6.29. The number of aliphatic hydroxyl groups excluding tert-OH is 1. The Morgan fingerprint density at radius 3 is 1.63 bits per heavy atom. The summed E-state index contributed by atoms with van der Waals surface area (Å²) < 4.78 is 0. The number of hydrogen-bond donors (Lipinski definition) is 2. The van der Waals surface area contributed by atoms with Gasteiger partial charge in [0, 0.05) is 11.1 Å². The molecule has 0 unspecified atom stereocenters. The molecule has 2 aromatic carbocycles. The molecule has 0 atom stereocenters. The molecule has 98 valence electrons. The molecule has 0 aliphatic rings. The van der Waals surface area contributed by atoms with Crippen molar-refractivity contribution in [2.45, 2.75) is 20.5 Å². The van der Waals surface area contributed by atoms with E-state index in [0.29, 0.717) is 0 Å². The van der Waals surface area contributed by atoms with Crippen molar-refractivity contribution in [3.8, 4) is 17.6 Å². The van der Waals surface area contributed by atoms with Gasteiger partial charge >= 0.3 is 0 Å². The quantitative estimate of drug-likeness (QED) is 0.766. The Hall–Kier alpha value is -2.24. The molecule has 2 heteroatoms. The lowest BCUT2D eigenvalue weighted by molar-refractivity contribution is 0.282. The van der Waals surface area contributed by atoms with Crippen LogP contribution in [0.1, 0.15) is 30.5 Å². The van der Waals surface area contributed by atoms with Gasteiger partial charge in [-0.25, -0.2) is 0 Å². The Balaban J connectivity index is 0.000000861. The number of phenolic OH excluding ortho intramolecular Hbond substituents is 1. The topological polar surface area (TPSA) is 40.5 Å². The summed E-state index contributed by atoms with van der Waals surface area (Å²) in [6.07, 6.45) is 0. The van der Waals surface area contributed by atoms with Crippen LogP contribution in [0, 0.1) is 11.8 Å². The predicted molar refractivity (Wildman–Crippen MR) is 77.8 cm³/mol. The minimum absolute atomic E-state index is 0.0473. The maximum atomic E-state index is 9.13. The third-order valence-electron chi connectivity index (χ3n) is 2.35. The molecule has 0 saturated heterocycles. The molecule has 0 radical (unpaired) electrons. The van der Waals surface area contributed by atoms with Crippen LogP contribution in [-0.2, 0) is 6.61 Å². The Morgan fingerprint density at radius 1 is 0.789 bits per heavy atom. The van der Waals surface area contributed by atoms with Crippen LogP contribution in [0.5, 0.6) is 5.75 Å². The summed E-state index contributed by atoms with van der Waals surface area (Å²) in [6, 6.07) is 14.2. The summed E-state index contributed by atoms with van der Waals surface area (Å²) in [5.41, 5.74) is 2.63. The molecule has 2 aromatic rings. The van der Waals surface area contributed by atoms with E-state index in [4.69, 9.17) is 10.2 Å². The van der Waals surface area contributed by atoms with Gasteiger partial charge in [-0.05, 0) is 42.0 Å². The smallest absolute Gasteiger partial charge is 0.115 e. The summed E-state index contributed by atoms with van der Waals surface area (Å²) in [6.45, 7) is 4.05. The molecule has 0 aromatic heterocycles. The second kappa shape index (κ2) is 7.97. The molecule has 0 bridgehead atoms. The van der Waals surface area contributed by atoms with Gasteiger partial charge in [-0.15, -0.1) is 0 Å². The standard InChI is InChI=1S/C15H12O2.C2H6/c16-11-14-5-3-12(4-6-14)1-2-13-7-9-15(17)10-8-13;1-2/h3-10,16-17H,11H2;1-2H3. The van der Waals surface area contributed by atoms with Crippen molar-refractivity contribution in [3.05, 3.63) is 65.2 Å². The second-order valence-corrected chi connectivity index (χ2v) is 3.65. The highest BCUT2D eigenvalue weighted by atomic mass is 16.3. The van der Waals surface area contributed by atoms with Crippen LogP contribution in [0.25, 0.3) is 0 Å². The predicted octanol–water partition coefficient (Wildman–Crippen LogP) is 3.31. The Bertz CT molecular complexity index is 543. The number of aliphatic hydroxyl groups is 1. The maximum Gasteiger partial charge on any atom is 0.115 e. The van der Waals surface area contributed by atoms with Gasteiger partial charge in [0.15, 0.2) is 0 Å². The van der Waals surface area contributed by atoms with Crippen LogP contribution in [0.3, 0.4) is 0 Å². The first kappa shape index (κ1) is 14.8. The van der Waals surface area contributed by atoms with Crippen LogP contribution in [0.15, 0.2) is 48.5 Å². The number of rotatable bonds is 1. The molecule has 2 N–H and O–H groups in total. The molecule has 0 aliphatic heterocycles. The zero-order valence-electron chi connectivity index (χ0n) is 11.2. The number of hydrogen-bond acceptors (Lipinski definition) is 2. The van der Waals surface area contributed by atoms with Crippen molar-refractivity contribution in [2.75, 3.05) is 0 Å². The van der Waals surface area contributed by atoms with Crippen LogP contribution in [-0.4, -0.2) is 10.2 Å². The summed E-state index contributed by atoms with van der Waals surface area (Å²) in [5, 5.41) is 18.0. The molecule has 0 spiro atoms. The van der Waals surface area contributed by atoms with E-state index in [1.807, 2.05) is 38.1 Å². The molecule has 0 amide bonds. The van der Waals surface area contributed by atoms with Crippen molar-refractivity contribution in [3.63, 3.8) is 0 Å². The third kappa shape index (κ3) is 4.87. The van der Waals surface area contributed by atoms with Crippen molar-refractivity contribution < 1.29 is 10.2 Å². The van der Waals surface area contributed by atoms with Crippen molar-refractivity contribution >= 4 is 0 Å². The first-order chi connectivity index (χ1) is 9.28. The zero-order chi connectivity index (χ0) is 14.1. The molecule has 0 saturated carbocycles. The van der Waals surface area contributed by atoms with E-state index in [9.17, 15) is 0 Å². The van der Waals surface area contributed by atoms with Gasteiger partial charge in [0.2, 0.25) is 0 Å². The lowest BCUT2D eigenvalue weighted by Gasteiger charge is -1.95. The second-order valence-electron chi connectivity index (χ2n) is 3.65. The highest BCUT2D eigenvalue weighted by Crippen LogP contribution is 2.09. The van der Waals surface area contributed by atoms with Crippen LogP contribution in [0.2, 0.25) is 0 Å². The third-order valence-corrected chi connectivity index (χ3v) is 2.35. The van der Waals surface area contributed by atoms with E-state index >= 15 is 0 Å². The van der Waals surface area contributed by atoms with Crippen molar-refractivity contribution in [1.29, 1.82) is 0 Å². The Morgan fingerprint density at radius 2 is 1.21 bits per heavy atom. The van der Waals surface area contributed by atoms with Gasteiger partial charge in [-0.1, -0.05) is 37.8 Å². The first-order valence-electron chi connectivity index (χ1n) is 6.29. The van der Waals surface area contributed by atoms with Crippen LogP contribution in [0.4, 0.5) is 0 Å². The van der Waals surface area contributed by atoms with E-state index in [1.165, 1.54) is 0 Å². The molecule has 2 rings (SSSR count). The Labute approximate surface area is 114 Å². The zero-order valence-corrected chi connectivity index (χ0v) is 11.2. The highest BCUT2D eigenvalue weighted by Gasteiger charge is 1.90. The fraction of sp³-hybridized carbons (Fsp3) is 0.176. The van der Waals surface area contributed by atoms with E-state index in [1.54, 1.807) is 24.3 Å². The van der Waals surface area contributed by atoms with Gasteiger partial charge in [-0.2, -0.15) is 0 Å². The van der Waals surface area contributed by atoms with Gasteiger partial charge in [0.1, 0.15) is 5.75 Å². The Kier molecular flexibility index (Phi) is 6.21. The van der Waals surface area contributed by atoms with Gasteiger partial charge in [0.25, 0.3) is 0 Å². The largest absolute Gasteiger partial charge is 0.508 e. The SMILES string of the molecule is CC.OCc1ccc(C#Cc2ccc(O)cc2)cc1. The van der Waals surface area contributed by atoms with Crippen LogP contribution < -0.4 is 0 Å². The van der Waals surface area contributed by atoms with E-state index < -0.39 is 0 Å². The van der Waals surface area contributed by atoms with Gasteiger partial charge in [0.05, 0.1) is 6.61 Å². The summed E-state index contributed by atoms with van der Waals surface area (Å²) in [5.74, 6) is 6.26. The van der Waals surface area contributed by atoms with Crippen molar-refractivity contribution in [2.24, 2.45) is 0 Å². The lowest BCUT2D eigenvalue weighted by atomic mass is 10.1.